The lowest BCUT2D eigenvalue weighted by atomic mass is 9.99. The molecule has 4 heteroatoms. The molecule has 0 bridgehead atoms. The summed E-state index contributed by atoms with van der Waals surface area (Å²) < 4.78 is 16.0. The Bertz CT molecular complexity index is 393. The van der Waals surface area contributed by atoms with Gasteiger partial charge in [-0.05, 0) is 12.5 Å². The van der Waals surface area contributed by atoms with E-state index in [1.165, 1.54) is 12.8 Å². The maximum absolute atomic E-state index is 6.25. The molecule has 1 aromatic carbocycles. The van der Waals surface area contributed by atoms with Crippen molar-refractivity contribution >= 4 is 0 Å². The Hall–Kier alpha value is -1.42. The van der Waals surface area contributed by atoms with E-state index in [0.29, 0.717) is 11.5 Å². The van der Waals surface area contributed by atoms with Crippen LogP contribution in [-0.4, -0.2) is 21.3 Å². The molecule has 4 nitrogen and oxygen atoms in total. The third-order valence-electron chi connectivity index (χ3n) is 3.25. The van der Waals surface area contributed by atoms with E-state index in [9.17, 15) is 0 Å². The Balaban J connectivity index is 2.97. The minimum atomic E-state index is -0.0405. The lowest BCUT2D eigenvalue weighted by molar-refractivity contribution is 0.346. The van der Waals surface area contributed by atoms with Gasteiger partial charge in [-0.3, -0.25) is 0 Å². The molecule has 1 atom stereocenters. The standard InChI is InChI=1S/C15H25NO3/c1-5-6-7-8-12(16)11-9-14(18-3)15(19-4)10-13(11)17-2/h9-10,12H,5-8,16H2,1-4H3. The average molecular weight is 267 g/mol. The van der Waals surface area contributed by atoms with Crippen molar-refractivity contribution in [2.45, 2.75) is 38.6 Å². The van der Waals surface area contributed by atoms with Crippen LogP contribution in [0.15, 0.2) is 12.1 Å². The van der Waals surface area contributed by atoms with Crippen molar-refractivity contribution in [2.24, 2.45) is 5.73 Å². The zero-order chi connectivity index (χ0) is 14.3. The highest BCUT2D eigenvalue weighted by Gasteiger charge is 2.16. The zero-order valence-corrected chi connectivity index (χ0v) is 12.4. The van der Waals surface area contributed by atoms with Crippen molar-refractivity contribution in [3.8, 4) is 17.2 Å². The second-order valence-corrected chi connectivity index (χ2v) is 4.55. The Morgan fingerprint density at radius 3 is 2.05 bits per heavy atom. The minimum Gasteiger partial charge on any atom is -0.496 e. The van der Waals surface area contributed by atoms with Gasteiger partial charge in [-0.1, -0.05) is 26.2 Å². The fourth-order valence-electron chi connectivity index (χ4n) is 2.11. The third kappa shape index (κ3) is 4.03. The second kappa shape index (κ2) is 7.89. The Morgan fingerprint density at radius 2 is 1.53 bits per heavy atom. The Morgan fingerprint density at radius 1 is 0.947 bits per heavy atom. The lowest BCUT2D eigenvalue weighted by Crippen LogP contribution is -2.12. The van der Waals surface area contributed by atoms with Crippen molar-refractivity contribution < 1.29 is 14.2 Å². The van der Waals surface area contributed by atoms with Crippen LogP contribution in [0.4, 0.5) is 0 Å². The maximum atomic E-state index is 6.25. The number of methoxy groups -OCH3 is 3. The van der Waals surface area contributed by atoms with Gasteiger partial charge in [0.05, 0.1) is 21.3 Å². The van der Waals surface area contributed by atoms with Crippen LogP contribution in [0.25, 0.3) is 0 Å². The smallest absolute Gasteiger partial charge is 0.164 e. The molecular weight excluding hydrogens is 242 g/mol. The van der Waals surface area contributed by atoms with Crippen LogP contribution in [0.2, 0.25) is 0 Å². The molecule has 0 radical (unpaired) electrons. The SMILES string of the molecule is CCCCCC(N)c1cc(OC)c(OC)cc1OC. The Labute approximate surface area is 115 Å². The first-order valence-corrected chi connectivity index (χ1v) is 6.73. The summed E-state index contributed by atoms with van der Waals surface area (Å²) in [4.78, 5) is 0. The van der Waals surface area contributed by atoms with Gasteiger partial charge in [-0.25, -0.2) is 0 Å². The van der Waals surface area contributed by atoms with E-state index in [2.05, 4.69) is 6.92 Å². The highest BCUT2D eigenvalue weighted by Crippen LogP contribution is 2.37. The van der Waals surface area contributed by atoms with E-state index in [-0.39, 0.29) is 6.04 Å². The van der Waals surface area contributed by atoms with E-state index < -0.39 is 0 Å². The molecule has 0 saturated heterocycles. The van der Waals surface area contributed by atoms with Crippen molar-refractivity contribution in [1.29, 1.82) is 0 Å². The van der Waals surface area contributed by atoms with Gasteiger partial charge < -0.3 is 19.9 Å². The molecule has 108 valence electrons. The molecule has 0 fully saturated rings. The number of rotatable bonds is 8. The average Bonchev–Trinajstić information content (AvgIpc) is 2.45. The van der Waals surface area contributed by atoms with Crippen molar-refractivity contribution in [3.05, 3.63) is 17.7 Å². The highest BCUT2D eigenvalue weighted by molar-refractivity contribution is 5.51. The number of nitrogens with two attached hydrogens (primary N) is 1. The fraction of sp³-hybridized carbons (Fsp3) is 0.600. The van der Waals surface area contributed by atoms with Gasteiger partial charge in [0.25, 0.3) is 0 Å². The molecule has 1 aromatic rings. The van der Waals surface area contributed by atoms with Gasteiger partial charge in [0.15, 0.2) is 11.5 Å². The lowest BCUT2D eigenvalue weighted by Gasteiger charge is -2.18. The molecule has 0 amide bonds. The van der Waals surface area contributed by atoms with Crippen molar-refractivity contribution in [1.82, 2.24) is 0 Å². The third-order valence-corrected chi connectivity index (χ3v) is 3.25. The second-order valence-electron chi connectivity index (χ2n) is 4.55. The van der Waals surface area contributed by atoms with Gasteiger partial charge in [-0.2, -0.15) is 0 Å². The monoisotopic (exact) mass is 267 g/mol. The van der Waals surface area contributed by atoms with Gasteiger partial charge in [0.2, 0.25) is 0 Å². The van der Waals surface area contributed by atoms with Crippen LogP contribution in [0.3, 0.4) is 0 Å². The summed E-state index contributed by atoms with van der Waals surface area (Å²) in [5.74, 6) is 2.09. The molecule has 1 unspecified atom stereocenters. The largest absolute Gasteiger partial charge is 0.496 e. The van der Waals surface area contributed by atoms with Gasteiger partial charge >= 0.3 is 0 Å². The predicted octanol–water partition coefficient (Wildman–Crippen LogP) is 3.29. The zero-order valence-electron chi connectivity index (χ0n) is 12.4. The molecule has 1 rings (SSSR count). The summed E-state index contributed by atoms with van der Waals surface area (Å²) in [5.41, 5.74) is 7.22. The predicted molar refractivity (Wildman–Crippen MR) is 77.2 cm³/mol. The number of unbranched alkanes of at least 4 members (excludes halogenated alkanes) is 2. The topological polar surface area (TPSA) is 53.7 Å². The first-order chi connectivity index (χ1) is 9.17. The van der Waals surface area contributed by atoms with E-state index >= 15 is 0 Å². The highest BCUT2D eigenvalue weighted by atomic mass is 16.5. The van der Waals surface area contributed by atoms with E-state index in [1.54, 1.807) is 21.3 Å². The van der Waals surface area contributed by atoms with E-state index in [1.807, 2.05) is 12.1 Å². The summed E-state index contributed by atoms with van der Waals surface area (Å²) in [6.45, 7) is 2.18. The van der Waals surface area contributed by atoms with Crippen LogP contribution >= 0.6 is 0 Å². The molecule has 19 heavy (non-hydrogen) atoms. The minimum absolute atomic E-state index is 0.0405. The van der Waals surface area contributed by atoms with Gasteiger partial charge in [0.1, 0.15) is 5.75 Å². The number of hydrogen-bond donors (Lipinski definition) is 1. The number of hydrogen-bond acceptors (Lipinski definition) is 4. The Kier molecular flexibility index (Phi) is 6.50. The normalized spacial score (nSPS) is 12.1. The van der Waals surface area contributed by atoms with Crippen molar-refractivity contribution in [3.63, 3.8) is 0 Å². The summed E-state index contributed by atoms with van der Waals surface area (Å²) in [5, 5.41) is 0. The van der Waals surface area contributed by atoms with Crippen molar-refractivity contribution in [2.75, 3.05) is 21.3 Å². The summed E-state index contributed by atoms with van der Waals surface area (Å²) in [7, 11) is 4.87. The summed E-state index contributed by atoms with van der Waals surface area (Å²) in [6.07, 6.45) is 4.45. The molecule has 0 spiro atoms. The van der Waals surface area contributed by atoms with Crippen LogP contribution in [0, 0.1) is 0 Å². The van der Waals surface area contributed by atoms with E-state index in [4.69, 9.17) is 19.9 Å². The van der Waals surface area contributed by atoms with E-state index in [0.717, 1.165) is 24.2 Å². The molecular formula is C15H25NO3. The first kappa shape index (κ1) is 15.6. The van der Waals surface area contributed by atoms with Gasteiger partial charge in [0, 0.05) is 17.7 Å². The molecule has 2 N–H and O–H groups in total. The molecule has 0 saturated carbocycles. The number of ether oxygens (including phenoxy) is 3. The first-order valence-electron chi connectivity index (χ1n) is 6.73. The molecule has 0 heterocycles. The fourth-order valence-corrected chi connectivity index (χ4v) is 2.11. The molecule has 0 aromatic heterocycles. The van der Waals surface area contributed by atoms with Crippen LogP contribution in [0.5, 0.6) is 17.2 Å². The maximum Gasteiger partial charge on any atom is 0.164 e. The molecule has 0 aliphatic heterocycles. The van der Waals surface area contributed by atoms with Crippen LogP contribution in [-0.2, 0) is 0 Å². The van der Waals surface area contributed by atoms with Crippen LogP contribution in [0.1, 0.15) is 44.2 Å². The molecule has 0 aliphatic rings. The van der Waals surface area contributed by atoms with Gasteiger partial charge in [-0.15, -0.1) is 0 Å². The number of benzene rings is 1. The summed E-state index contributed by atoms with van der Waals surface area (Å²) >= 11 is 0. The quantitative estimate of drug-likeness (QED) is 0.734. The molecule has 0 aliphatic carbocycles. The summed E-state index contributed by atoms with van der Waals surface area (Å²) in [6, 6.07) is 3.70. The van der Waals surface area contributed by atoms with Crippen LogP contribution < -0.4 is 19.9 Å².